The predicted molar refractivity (Wildman–Crippen MR) is 103 cm³/mol. The first-order valence-corrected chi connectivity index (χ1v) is 11.2. The number of Topliss-reactive ketones (excluding diaryl/α,β-unsaturated/α-hetero) is 1. The van der Waals surface area contributed by atoms with Gasteiger partial charge in [-0.3, -0.25) is 9.59 Å². The number of carbonyl (C=O) groups excluding carboxylic acids is 2. The Bertz CT molecular complexity index is 792. The van der Waals surface area contributed by atoms with Gasteiger partial charge in [0.1, 0.15) is 0 Å². The van der Waals surface area contributed by atoms with E-state index in [1.54, 1.807) is 12.1 Å². The van der Waals surface area contributed by atoms with Gasteiger partial charge < -0.3 is 5.32 Å². The molecular weight excluding hydrogens is 364 g/mol. The third kappa shape index (κ3) is 4.76. The van der Waals surface area contributed by atoms with Crippen LogP contribution in [0.5, 0.6) is 0 Å². The van der Waals surface area contributed by atoms with E-state index in [-0.39, 0.29) is 28.5 Å². The minimum Gasteiger partial charge on any atom is -0.353 e. The average molecular weight is 393 g/mol. The van der Waals surface area contributed by atoms with Crippen LogP contribution in [-0.4, -0.2) is 43.5 Å². The van der Waals surface area contributed by atoms with Crippen LogP contribution in [0.1, 0.15) is 62.2 Å². The summed E-state index contributed by atoms with van der Waals surface area (Å²) in [6.45, 7) is 2.08. The maximum absolute atomic E-state index is 12.9. The van der Waals surface area contributed by atoms with E-state index in [1.165, 1.54) is 42.6 Å². The van der Waals surface area contributed by atoms with E-state index in [2.05, 4.69) is 5.32 Å². The van der Waals surface area contributed by atoms with Crippen molar-refractivity contribution in [2.75, 3.05) is 13.1 Å². The Hall–Kier alpha value is -1.73. The van der Waals surface area contributed by atoms with Crippen molar-refractivity contribution in [1.82, 2.24) is 9.62 Å². The summed E-state index contributed by atoms with van der Waals surface area (Å²) in [4.78, 5) is 24.2. The quantitative estimate of drug-likeness (QED) is 0.781. The number of hydrogen-bond acceptors (Lipinski definition) is 4. The van der Waals surface area contributed by atoms with E-state index in [1.807, 2.05) is 0 Å². The van der Waals surface area contributed by atoms with E-state index in [0.717, 1.165) is 12.8 Å². The molecule has 3 rings (SSSR count). The summed E-state index contributed by atoms with van der Waals surface area (Å²) >= 11 is 0. The van der Waals surface area contributed by atoms with Crippen LogP contribution in [0.4, 0.5) is 0 Å². The lowest BCUT2D eigenvalue weighted by atomic mass is 9.93. The molecule has 0 aromatic heterocycles. The molecule has 6 nitrogen and oxygen atoms in total. The Kier molecular flexibility index (Phi) is 6.32. The Morgan fingerprint density at radius 1 is 1.04 bits per heavy atom. The third-order valence-corrected chi connectivity index (χ3v) is 7.55. The summed E-state index contributed by atoms with van der Waals surface area (Å²) in [6.07, 6.45) is 6.74. The monoisotopic (exact) mass is 392 g/mol. The summed E-state index contributed by atoms with van der Waals surface area (Å²) in [6, 6.07) is 6.43. The number of nitrogens with one attached hydrogen (secondary N) is 1. The number of benzene rings is 1. The maximum Gasteiger partial charge on any atom is 0.243 e. The summed E-state index contributed by atoms with van der Waals surface area (Å²) in [5.41, 5.74) is 0.387. The fraction of sp³-hybridized carbons (Fsp3) is 0.600. The number of hydrogen-bond donors (Lipinski definition) is 1. The first-order chi connectivity index (χ1) is 12.9. The molecule has 0 radical (unpaired) electrons. The molecule has 1 aromatic rings. The Balaban J connectivity index is 1.60. The molecule has 1 aromatic carbocycles. The van der Waals surface area contributed by atoms with Gasteiger partial charge in [0.05, 0.1) is 4.90 Å². The summed E-state index contributed by atoms with van der Waals surface area (Å²) in [7, 11) is -3.64. The van der Waals surface area contributed by atoms with E-state index < -0.39 is 10.0 Å². The van der Waals surface area contributed by atoms with Crippen molar-refractivity contribution in [3.63, 3.8) is 0 Å². The van der Waals surface area contributed by atoms with Gasteiger partial charge in [0, 0.05) is 30.6 Å². The molecule has 1 aliphatic carbocycles. The highest BCUT2D eigenvalue weighted by molar-refractivity contribution is 7.89. The van der Waals surface area contributed by atoms with Crippen molar-refractivity contribution in [3.05, 3.63) is 29.8 Å². The van der Waals surface area contributed by atoms with Gasteiger partial charge in [-0.1, -0.05) is 31.4 Å². The molecule has 2 fully saturated rings. The number of sulfonamides is 1. The van der Waals surface area contributed by atoms with E-state index in [0.29, 0.717) is 31.5 Å². The van der Waals surface area contributed by atoms with Gasteiger partial charge in [0.25, 0.3) is 0 Å². The van der Waals surface area contributed by atoms with Crippen LogP contribution in [-0.2, 0) is 14.8 Å². The molecule has 1 aliphatic heterocycles. The Morgan fingerprint density at radius 2 is 1.70 bits per heavy atom. The smallest absolute Gasteiger partial charge is 0.243 e. The van der Waals surface area contributed by atoms with Crippen molar-refractivity contribution < 1.29 is 18.0 Å². The van der Waals surface area contributed by atoms with Crippen LogP contribution in [0.3, 0.4) is 0 Å². The zero-order valence-electron chi connectivity index (χ0n) is 15.8. The van der Waals surface area contributed by atoms with Gasteiger partial charge in [0.15, 0.2) is 5.78 Å². The second kappa shape index (κ2) is 8.52. The van der Waals surface area contributed by atoms with Crippen LogP contribution in [0.15, 0.2) is 29.2 Å². The largest absolute Gasteiger partial charge is 0.353 e. The van der Waals surface area contributed by atoms with Crippen molar-refractivity contribution in [2.24, 2.45) is 5.92 Å². The molecule has 1 saturated carbocycles. The number of carbonyl (C=O) groups is 2. The highest BCUT2D eigenvalue weighted by Crippen LogP contribution is 2.25. The van der Waals surface area contributed by atoms with Crippen molar-refractivity contribution >= 4 is 21.7 Å². The molecule has 0 bridgehead atoms. The van der Waals surface area contributed by atoms with Crippen molar-refractivity contribution in [3.8, 4) is 0 Å². The van der Waals surface area contributed by atoms with Gasteiger partial charge in [-0.15, -0.1) is 0 Å². The molecule has 1 amide bonds. The topological polar surface area (TPSA) is 83.6 Å². The normalized spacial score (nSPS) is 20.3. The summed E-state index contributed by atoms with van der Waals surface area (Å²) in [5.74, 6) is -0.218. The average Bonchev–Trinajstić information content (AvgIpc) is 2.69. The summed E-state index contributed by atoms with van der Waals surface area (Å²) < 4.78 is 27.2. The number of nitrogens with zero attached hydrogens (tertiary/aromatic N) is 1. The minimum absolute atomic E-state index is 0.0672. The molecule has 0 unspecified atom stereocenters. The lowest BCUT2D eigenvalue weighted by molar-refractivity contribution is -0.127. The van der Waals surface area contributed by atoms with Crippen molar-refractivity contribution in [1.29, 1.82) is 0 Å². The van der Waals surface area contributed by atoms with Gasteiger partial charge >= 0.3 is 0 Å². The van der Waals surface area contributed by atoms with Gasteiger partial charge in [-0.25, -0.2) is 8.42 Å². The maximum atomic E-state index is 12.9. The fourth-order valence-corrected chi connectivity index (χ4v) is 5.47. The third-order valence-electron chi connectivity index (χ3n) is 5.65. The Labute approximate surface area is 161 Å². The molecule has 2 aliphatic rings. The number of ketones is 1. The lowest BCUT2D eigenvalue weighted by Crippen LogP contribution is -2.45. The van der Waals surface area contributed by atoms with Crippen molar-refractivity contribution in [2.45, 2.75) is 62.8 Å². The van der Waals surface area contributed by atoms with Crippen LogP contribution in [0, 0.1) is 5.92 Å². The molecule has 0 atom stereocenters. The lowest BCUT2D eigenvalue weighted by Gasteiger charge is -2.32. The fourth-order valence-electron chi connectivity index (χ4n) is 3.95. The second-order valence-corrected chi connectivity index (χ2v) is 9.54. The first kappa shape index (κ1) is 20.0. The number of amides is 1. The van der Waals surface area contributed by atoms with Crippen LogP contribution < -0.4 is 5.32 Å². The molecule has 148 valence electrons. The molecule has 7 heteroatoms. The van der Waals surface area contributed by atoms with Gasteiger partial charge in [0.2, 0.25) is 15.9 Å². The molecular formula is C20H28N2O4S. The highest BCUT2D eigenvalue weighted by Gasteiger charge is 2.33. The Morgan fingerprint density at radius 3 is 2.33 bits per heavy atom. The van der Waals surface area contributed by atoms with E-state index >= 15 is 0 Å². The minimum atomic E-state index is -3.64. The number of rotatable bonds is 5. The molecule has 0 spiro atoms. The molecule has 1 heterocycles. The predicted octanol–water partition coefficient (Wildman–Crippen LogP) is 2.74. The number of piperidine rings is 1. The second-order valence-electron chi connectivity index (χ2n) is 7.61. The van der Waals surface area contributed by atoms with Crippen LogP contribution >= 0.6 is 0 Å². The first-order valence-electron chi connectivity index (χ1n) is 9.79. The zero-order chi connectivity index (χ0) is 19.4. The van der Waals surface area contributed by atoms with Gasteiger partial charge in [-0.05, 0) is 44.7 Å². The standard InChI is InChI=1S/C20H28N2O4S/c1-15(23)17-6-5-9-19(14-17)27(25,26)22-12-10-16(11-13-22)20(24)21-18-7-3-2-4-8-18/h5-6,9,14,16,18H,2-4,7-8,10-13H2,1H3,(H,21,24). The molecule has 1 N–H and O–H groups in total. The molecule has 1 saturated heterocycles. The van der Waals surface area contributed by atoms with Crippen LogP contribution in [0.25, 0.3) is 0 Å². The summed E-state index contributed by atoms with van der Waals surface area (Å²) in [5, 5.41) is 3.15. The molecule has 27 heavy (non-hydrogen) atoms. The van der Waals surface area contributed by atoms with E-state index in [9.17, 15) is 18.0 Å². The van der Waals surface area contributed by atoms with E-state index in [4.69, 9.17) is 0 Å². The van der Waals surface area contributed by atoms with Gasteiger partial charge in [-0.2, -0.15) is 4.31 Å². The highest BCUT2D eigenvalue weighted by atomic mass is 32.2. The van der Waals surface area contributed by atoms with Crippen LogP contribution in [0.2, 0.25) is 0 Å². The zero-order valence-corrected chi connectivity index (χ0v) is 16.6. The SMILES string of the molecule is CC(=O)c1cccc(S(=O)(=O)N2CCC(C(=O)NC3CCCCC3)CC2)c1.